The van der Waals surface area contributed by atoms with Crippen molar-refractivity contribution in [2.45, 2.75) is 57.3 Å². The lowest BCUT2D eigenvalue weighted by molar-refractivity contribution is 0.171. The van der Waals surface area contributed by atoms with Gasteiger partial charge in [0.25, 0.3) is 0 Å². The molecule has 0 aliphatic heterocycles. The van der Waals surface area contributed by atoms with Gasteiger partial charge in [0.15, 0.2) is 0 Å². The Kier molecular flexibility index (Phi) is 4.77. The Balaban J connectivity index is 1.51. The summed E-state index contributed by atoms with van der Waals surface area (Å²) in [6.45, 7) is 3.94. The van der Waals surface area contributed by atoms with Crippen molar-refractivity contribution in [3.8, 4) is 0 Å². The third-order valence-electron chi connectivity index (χ3n) is 5.93. The summed E-state index contributed by atoms with van der Waals surface area (Å²) in [5.41, 5.74) is 1.34. The fraction of sp³-hybridized carbons (Fsp3) is 0.600. The molecule has 2 aliphatic rings. The number of halogens is 1. The van der Waals surface area contributed by atoms with Crippen LogP contribution in [0.1, 0.15) is 62.8 Å². The highest BCUT2D eigenvalue weighted by atomic mass is 19.1. The lowest BCUT2D eigenvalue weighted by Crippen LogP contribution is -2.25. The van der Waals surface area contributed by atoms with E-state index in [4.69, 9.17) is 0 Å². The van der Waals surface area contributed by atoms with Crippen LogP contribution < -0.4 is 0 Å². The van der Waals surface area contributed by atoms with E-state index in [-0.39, 0.29) is 5.82 Å². The number of hydrogen-bond acceptors (Lipinski definition) is 0. The van der Waals surface area contributed by atoms with Crippen molar-refractivity contribution in [3.63, 3.8) is 0 Å². The molecule has 0 atom stereocenters. The second-order valence-corrected chi connectivity index (χ2v) is 7.07. The van der Waals surface area contributed by atoms with E-state index in [0.717, 1.165) is 17.8 Å². The minimum Gasteiger partial charge on any atom is -0.207 e. The van der Waals surface area contributed by atoms with Gasteiger partial charge in [-0.2, -0.15) is 0 Å². The smallest absolute Gasteiger partial charge is 0.123 e. The Labute approximate surface area is 128 Å². The van der Waals surface area contributed by atoms with Gasteiger partial charge in [-0.25, -0.2) is 4.39 Å². The van der Waals surface area contributed by atoms with E-state index in [1.165, 1.54) is 56.9 Å². The van der Waals surface area contributed by atoms with E-state index in [2.05, 4.69) is 12.7 Å². The maximum atomic E-state index is 13.0. The van der Waals surface area contributed by atoms with Crippen molar-refractivity contribution in [2.75, 3.05) is 0 Å². The summed E-state index contributed by atoms with van der Waals surface area (Å²) < 4.78 is 13.0. The van der Waals surface area contributed by atoms with Crippen molar-refractivity contribution in [1.82, 2.24) is 0 Å². The number of allylic oxidation sites excluding steroid dienone is 1. The van der Waals surface area contributed by atoms with Gasteiger partial charge in [0.2, 0.25) is 0 Å². The topological polar surface area (TPSA) is 0 Å². The summed E-state index contributed by atoms with van der Waals surface area (Å²) in [5, 5.41) is 0. The van der Waals surface area contributed by atoms with Gasteiger partial charge >= 0.3 is 0 Å². The molecule has 0 unspecified atom stereocenters. The number of benzene rings is 1. The Bertz CT molecular complexity index is 445. The molecule has 0 bridgehead atoms. The molecule has 0 aromatic heterocycles. The maximum absolute atomic E-state index is 13.0. The van der Waals surface area contributed by atoms with Gasteiger partial charge in [0.05, 0.1) is 0 Å². The van der Waals surface area contributed by atoms with Gasteiger partial charge in [-0.05, 0) is 92.7 Å². The zero-order valence-electron chi connectivity index (χ0n) is 12.9. The Hall–Kier alpha value is -1.11. The molecule has 0 spiro atoms. The van der Waals surface area contributed by atoms with Crippen LogP contribution >= 0.6 is 0 Å². The second-order valence-electron chi connectivity index (χ2n) is 7.07. The van der Waals surface area contributed by atoms with Crippen molar-refractivity contribution in [2.24, 2.45) is 17.8 Å². The summed E-state index contributed by atoms with van der Waals surface area (Å²) in [4.78, 5) is 0. The lowest BCUT2D eigenvalue weighted by atomic mass is 9.68. The second kappa shape index (κ2) is 6.77. The van der Waals surface area contributed by atoms with Gasteiger partial charge in [-0.15, -0.1) is 6.58 Å². The van der Waals surface area contributed by atoms with Crippen molar-refractivity contribution < 1.29 is 4.39 Å². The number of hydrogen-bond donors (Lipinski definition) is 0. The summed E-state index contributed by atoms with van der Waals surface area (Å²) in [6.07, 6.45) is 13.0. The van der Waals surface area contributed by atoms with E-state index < -0.39 is 0 Å². The van der Waals surface area contributed by atoms with Crippen LogP contribution in [0.2, 0.25) is 0 Å². The average Bonchev–Trinajstić information content (AvgIpc) is 2.56. The van der Waals surface area contributed by atoms with Crippen LogP contribution in [0.25, 0.3) is 0 Å². The van der Waals surface area contributed by atoms with Crippen LogP contribution in [-0.4, -0.2) is 0 Å². The van der Waals surface area contributed by atoms with Gasteiger partial charge < -0.3 is 0 Å². The summed E-state index contributed by atoms with van der Waals surface area (Å²) in [7, 11) is 0. The zero-order valence-corrected chi connectivity index (χ0v) is 12.9. The van der Waals surface area contributed by atoms with Gasteiger partial charge in [-0.3, -0.25) is 0 Å². The van der Waals surface area contributed by atoms with E-state index in [9.17, 15) is 4.39 Å². The average molecular weight is 286 g/mol. The highest BCUT2D eigenvalue weighted by molar-refractivity contribution is 5.21. The molecule has 2 saturated carbocycles. The maximum Gasteiger partial charge on any atom is 0.123 e. The molecule has 0 amide bonds. The molecule has 3 rings (SSSR count). The monoisotopic (exact) mass is 286 g/mol. The Morgan fingerprint density at radius 1 is 0.810 bits per heavy atom. The zero-order chi connectivity index (χ0) is 14.7. The third kappa shape index (κ3) is 3.56. The first-order valence-corrected chi connectivity index (χ1v) is 8.64. The first-order valence-electron chi connectivity index (χ1n) is 8.64. The molecule has 0 radical (unpaired) electrons. The van der Waals surface area contributed by atoms with E-state index in [1.807, 2.05) is 12.1 Å². The predicted molar refractivity (Wildman–Crippen MR) is 86.7 cm³/mol. The SMILES string of the molecule is C=C[C@H]1CC[C@H]([C@H]2CC[C@H](c3ccc(F)cc3)CC2)CC1. The van der Waals surface area contributed by atoms with Crippen LogP contribution in [0.5, 0.6) is 0 Å². The van der Waals surface area contributed by atoms with Crippen LogP contribution in [0.3, 0.4) is 0 Å². The Morgan fingerprint density at radius 3 is 1.86 bits per heavy atom. The Morgan fingerprint density at radius 2 is 1.33 bits per heavy atom. The summed E-state index contributed by atoms with van der Waals surface area (Å²) in [6, 6.07) is 7.18. The van der Waals surface area contributed by atoms with Gasteiger partial charge in [0.1, 0.15) is 5.82 Å². The van der Waals surface area contributed by atoms with Crippen LogP contribution in [-0.2, 0) is 0 Å². The first kappa shape index (κ1) is 14.8. The highest BCUT2D eigenvalue weighted by Crippen LogP contribution is 2.43. The molecular formula is C20H27F. The molecule has 1 aromatic carbocycles. The van der Waals surface area contributed by atoms with Crippen molar-refractivity contribution in [1.29, 1.82) is 0 Å². The molecule has 2 fully saturated rings. The largest absolute Gasteiger partial charge is 0.207 e. The molecule has 114 valence electrons. The molecule has 0 nitrogen and oxygen atoms in total. The van der Waals surface area contributed by atoms with Crippen molar-refractivity contribution >= 4 is 0 Å². The number of rotatable bonds is 3. The molecule has 1 aromatic rings. The molecule has 0 saturated heterocycles. The third-order valence-corrected chi connectivity index (χ3v) is 5.93. The van der Waals surface area contributed by atoms with E-state index in [1.54, 1.807) is 12.1 Å². The quantitative estimate of drug-likeness (QED) is 0.590. The van der Waals surface area contributed by atoms with Gasteiger partial charge in [-0.1, -0.05) is 18.2 Å². The molecule has 2 aliphatic carbocycles. The minimum atomic E-state index is -0.119. The molecular weight excluding hydrogens is 259 g/mol. The normalized spacial score (nSPS) is 33.6. The molecule has 1 heteroatoms. The predicted octanol–water partition coefficient (Wildman–Crippen LogP) is 6.09. The van der Waals surface area contributed by atoms with Crippen LogP contribution in [0.15, 0.2) is 36.9 Å². The first-order chi connectivity index (χ1) is 10.3. The van der Waals surface area contributed by atoms with E-state index in [0.29, 0.717) is 5.92 Å². The summed E-state index contributed by atoms with van der Waals surface area (Å²) >= 11 is 0. The molecule has 0 heterocycles. The van der Waals surface area contributed by atoms with Crippen molar-refractivity contribution in [3.05, 3.63) is 48.3 Å². The molecule has 0 N–H and O–H groups in total. The minimum absolute atomic E-state index is 0.119. The highest BCUT2D eigenvalue weighted by Gasteiger charge is 2.30. The van der Waals surface area contributed by atoms with Gasteiger partial charge in [0, 0.05) is 0 Å². The summed E-state index contributed by atoms with van der Waals surface area (Å²) in [5.74, 6) is 3.21. The fourth-order valence-electron chi connectivity index (χ4n) is 4.51. The standard InChI is InChI=1S/C20H27F/c1-2-15-3-5-16(6-4-15)17-7-9-18(10-8-17)19-11-13-20(21)14-12-19/h2,11-18H,1,3-10H2/t15-,16-,17-,18-. The lowest BCUT2D eigenvalue weighted by Gasteiger charge is -2.37. The van der Waals surface area contributed by atoms with E-state index >= 15 is 0 Å². The van der Waals surface area contributed by atoms with Crippen LogP contribution in [0.4, 0.5) is 4.39 Å². The fourth-order valence-corrected chi connectivity index (χ4v) is 4.51. The molecule has 21 heavy (non-hydrogen) atoms. The van der Waals surface area contributed by atoms with Crippen LogP contribution in [0, 0.1) is 23.6 Å².